The molecule has 18 heavy (non-hydrogen) atoms. The van der Waals surface area contributed by atoms with Crippen LogP contribution in [0.2, 0.25) is 0 Å². The lowest BCUT2D eigenvalue weighted by Gasteiger charge is -2.32. The summed E-state index contributed by atoms with van der Waals surface area (Å²) >= 11 is 0. The largest absolute Gasteiger partial charge is 0.316 e. The van der Waals surface area contributed by atoms with E-state index in [1.165, 1.54) is 51.0 Å². The number of nitrogens with zero attached hydrogens (tertiary/aromatic N) is 1. The van der Waals surface area contributed by atoms with Crippen LogP contribution in [0.25, 0.3) is 0 Å². The lowest BCUT2D eigenvalue weighted by atomic mass is 9.96. The molecule has 1 fully saturated rings. The molecule has 0 radical (unpaired) electrons. The minimum atomic E-state index is 0.892. The maximum Gasteiger partial charge on any atom is 0.0233 e. The molecular formula is C16H26N2. The molecule has 1 aromatic carbocycles. The Morgan fingerprint density at radius 1 is 1.17 bits per heavy atom. The van der Waals surface area contributed by atoms with Gasteiger partial charge in [0.05, 0.1) is 0 Å². The zero-order valence-electron chi connectivity index (χ0n) is 11.6. The molecule has 1 aromatic rings. The van der Waals surface area contributed by atoms with Gasteiger partial charge in [0.25, 0.3) is 0 Å². The van der Waals surface area contributed by atoms with Crippen molar-refractivity contribution in [1.82, 2.24) is 10.2 Å². The first kappa shape index (κ1) is 13.6. The van der Waals surface area contributed by atoms with E-state index in [0.717, 1.165) is 12.5 Å². The van der Waals surface area contributed by atoms with Crippen LogP contribution < -0.4 is 5.32 Å². The molecule has 1 saturated heterocycles. The Labute approximate surface area is 111 Å². The predicted molar refractivity (Wildman–Crippen MR) is 77.6 cm³/mol. The third-order valence-corrected chi connectivity index (χ3v) is 3.82. The summed E-state index contributed by atoms with van der Waals surface area (Å²) in [5.41, 5.74) is 1.44. The van der Waals surface area contributed by atoms with Crippen LogP contribution in [-0.2, 0) is 6.54 Å². The molecule has 0 spiro atoms. The van der Waals surface area contributed by atoms with E-state index in [-0.39, 0.29) is 0 Å². The van der Waals surface area contributed by atoms with Gasteiger partial charge >= 0.3 is 0 Å². The van der Waals surface area contributed by atoms with Gasteiger partial charge in [-0.1, -0.05) is 37.3 Å². The second-order valence-corrected chi connectivity index (χ2v) is 5.41. The molecule has 0 aromatic heterocycles. The molecule has 2 nitrogen and oxygen atoms in total. The van der Waals surface area contributed by atoms with Gasteiger partial charge in [0.15, 0.2) is 0 Å². The third kappa shape index (κ3) is 4.43. The zero-order chi connectivity index (χ0) is 12.6. The van der Waals surface area contributed by atoms with Crippen LogP contribution in [0, 0.1) is 5.92 Å². The summed E-state index contributed by atoms with van der Waals surface area (Å²) in [4.78, 5) is 2.59. The van der Waals surface area contributed by atoms with E-state index in [1.807, 2.05) is 0 Å². The molecule has 0 atom stereocenters. The molecule has 1 N–H and O–H groups in total. The predicted octanol–water partition coefficient (Wildman–Crippen LogP) is 2.90. The van der Waals surface area contributed by atoms with Gasteiger partial charge in [-0.3, -0.25) is 4.90 Å². The zero-order valence-corrected chi connectivity index (χ0v) is 11.6. The maximum atomic E-state index is 3.55. The SMILES string of the molecule is CCCNCC1CCN(Cc2ccccc2)CC1. The van der Waals surface area contributed by atoms with Crippen molar-refractivity contribution in [3.05, 3.63) is 35.9 Å². The van der Waals surface area contributed by atoms with Crippen molar-refractivity contribution >= 4 is 0 Å². The first-order valence-electron chi connectivity index (χ1n) is 7.35. The summed E-state index contributed by atoms with van der Waals surface area (Å²) in [5, 5.41) is 3.55. The van der Waals surface area contributed by atoms with E-state index in [9.17, 15) is 0 Å². The van der Waals surface area contributed by atoms with E-state index in [1.54, 1.807) is 0 Å². The molecule has 100 valence electrons. The van der Waals surface area contributed by atoms with Crippen molar-refractivity contribution in [3.8, 4) is 0 Å². The van der Waals surface area contributed by atoms with E-state index < -0.39 is 0 Å². The molecule has 2 heteroatoms. The Kier molecular flexibility index (Phi) is 5.69. The summed E-state index contributed by atoms with van der Waals surface area (Å²) in [6, 6.07) is 10.8. The van der Waals surface area contributed by atoms with Crippen LogP contribution in [0.5, 0.6) is 0 Å². The van der Waals surface area contributed by atoms with Crippen LogP contribution in [0.15, 0.2) is 30.3 Å². The van der Waals surface area contributed by atoms with Crippen molar-refractivity contribution in [2.24, 2.45) is 5.92 Å². The van der Waals surface area contributed by atoms with Gasteiger partial charge in [-0.15, -0.1) is 0 Å². The molecule has 0 bridgehead atoms. The van der Waals surface area contributed by atoms with E-state index in [4.69, 9.17) is 0 Å². The van der Waals surface area contributed by atoms with Gasteiger partial charge in [0, 0.05) is 6.54 Å². The minimum absolute atomic E-state index is 0.892. The number of piperidine rings is 1. The van der Waals surface area contributed by atoms with E-state index >= 15 is 0 Å². The first-order chi connectivity index (χ1) is 8.88. The quantitative estimate of drug-likeness (QED) is 0.776. The highest BCUT2D eigenvalue weighted by molar-refractivity contribution is 5.14. The monoisotopic (exact) mass is 246 g/mol. The van der Waals surface area contributed by atoms with Crippen molar-refractivity contribution in [3.63, 3.8) is 0 Å². The standard InChI is InChI=1S/C16H26N2/c1-2-10-17-13-15-8-11-18(12-9-15)14-16-6-4-3-5-7-16/h3-7,15,17H,2,8-14H2,1H3. The maximum absolute atomic E-state index is 3.55. The van der Waals surface area contributed by atoms with Crippen molar-refractivity contribution < 1.29 is 0 Å². The smallest absolute Gasteiger partial charge is 0.0233 e. The molecule has 2 rings (SSSR count). The molecular weight excluding hydrogens is 220 g/mol. The molecule has 0 saturated carbocycles. The highest BCUT2D eigenvalue weighted by Gasteiger charge is 2.18. The minimum Gasteiger partial charge on any atom is -0.316 e. The first-order valence-corrected chi connectivity index (χ1v) is 7.35. The van der Waals surface area contributed by atoms with Crippen molar-refractivity contribution in [2.45, 2.75) is 32.7 Å². The fourth-order valence-corrected chi connectivity index (χ4v) is 2.67. The van der Waals surface area contributed by atoms with Gasteiger partial charge in [-0.2, -0.15) is 0 Å². The number of rotatable bonds is 6. The number of benzene rings is 1. The van der Waals surface area contributed by atoms with Crippen LogP contribution in [0.3, 0.4) is 0 Å². The van der Waals surface area contributed by atoms with Gasteiger partial charge in [-0.25, -0.2) is 0 Å². The number of hydrogen-bond acceptors (Lipinski definition) is 2. The number of likely N-dealkylation sites (tertiary alicyclic amines) is 1. The fraction of sp³-hybridized carbons (Fsp3) is 0.625. The van der Waals surface area contributed by atoms with Crippen LogP contribution in [0.1, 0.15) is 31.7 Å². The van der Waals surface area contributed by atoms with Crippen molar-refractivity contribution in [1.29, 1.82) is 0 Å². The highest BCUT2D eigenvalue weighted by atomic mass is 15.1. The summed E-state index contributed by atoms with van der Waals surface area (Å²) in [6.07, 6.45) is 3.94. The Morgan fingerprint density at radius 2 is 1.89 bits per heavy atom. The average molecular weight is 246 g/mol. The summed E-state index contributed by atoms with van der Waals surface area (Å²) < 4.78 is 0. The van der Waals surface area contributed by atoms with Gasteiger partial charge < -0.3 is 5.32 Å². The highest BCUT2D eigenvalue weighted by Crippen LogP contribution is 2.18. The Bertz CT molecular complexity index is 315. The Hall–Kier alpha value is -0.860. The third-order valence-electron chi connectivity index (χ3n) is 3.82. The molecule has 1 heterocycles. The average Bonchev–Trinajstić information content (AvgIpc) is 2.42. The van der Waals surface area contributed by atoms with Crippen LogP contribution >= 0.6 is 0 Å². The molecule has 0 unspecified atom stereocenters. The number of hydrogen-bond donors (Lipinski definition) is 1. The Morgan fingerprint density at radius 3 is 2.56 bits per heavy atom. The van der Waals surface area contributed by atoms with Crippen LogP contribution in [-0.4, -0.2) is 31.1 Å². The van der Waals surface area contributed by atoms with Gasteiger partial charge in [0.2, 0.25) is 0 Å². The molecule has 1 aliphatic rings. The lowest BCUT2D eigenvalue weighted by Crippen LogP contribution is -2.37. The molecule has 1 aliphatic heterocycles. The van der Waals surface area contributed by atoms with Crippen LogP contribution in [0.4, 0.5) is 0 Å². The van der Waals surface area contributed by atoms with Crippen molar-refractivity contribution in [2.75, 3.05) is 26.2 Å². The summed E-state index contributed by atoms with van der Waals surface area (Å²) in [6.45, 7) is 8.25. The second kappa shape index (κ2) is 7.55. The Balaban J connectivity index is 1.67. The molecule has 0 amide bonds. The summed E-state index contributed by atoms with van der Waals surface area (Å²) in [7, 11) is 0. The molecule has 0 aliphatic carbocycles. The number of nitrogens with one attached hydrogen (secondary N) is 1. The fourth-order valence-electron chi connectivity index (χ4n) is 2.67. The lowest BCUT2D eigenvalue weighted by molar-refractivity contribution is 0.175. The topological polar surface area (TPSA) is 15.3 Å². The van der Waals surface area contributed by atoms with Gasteiger partial charge in [-0.05, 0) is 56.9 Å². The summed E-state index contributed by atoms with van der Waals surface area (Å²) in [5.74, 6) is 0.892. The van der Waals surface area contributed by atoms with E-state index in [0.29, 0.717) is 0 Å². The normalized spacial score (nSPS) is 18.1. The van der Waals surface area contributed by atoms with E-state index in [2.05, 4.69) is 47.5 Å². The van der Waals surface area contributed by atoms with Gasteiger partial charge in [0.1, 0.15) is 0 Å². The second-order valence-electron chi connectivity index (χ2n) is 5.41.